The minimum Gasteiger partial charge on any atom is -0.380 e. The lowest BCUT2D eigenvalue weighted by atomic mass is 9.93. The molecule has 0 bridgehead atoms. The van der Waals surface area contributed by atoms with Gasteiger partial charge in [-0.3, -0.25) is 0 Å². The number of ether oxygens (including phenoxy) is 3. The predicted molar refractivity (Wildman–Crippen MR) is 67.1 cm³/mol. The first-order valence-corrected chi connectivity index (χ1v) is 7.16. The van der Waals surface area contributed by atoms with Gasteiger partial charge >= 0.3 is 0 Å². The molecule has 0 N–H and O–H groups in total. The molecule has 0 radical (unpaired) electrons. The van der Waals surface area contributed by atoms with Crippen LogP contribution in [0.3, 0.4) is 0 Å². The lowest BCUT2D eigenvalue weighted by Crippen LogP contribution is -2.46. The summed E-state index contributed by atoms with van der Waals surface area (Å²) >= 11 is 0. The van der Waals surface area contributed by atoms with Gasteiger partial charge in [0.05, 0.1) is 38.6 Å². The van der Waals surface area contributed by atoms with E-state index in [9.17, 15) is 0 Å². The summed E-state index contributed by atoms with van der Waals surface area (Å²) in [6.07, 6.45) is 5.54. The van der Waals surface area contributed by atoms with Crippen LogP contribution in [0.2, 0.25) is 0 Å². The van der Waals surface area contributed by atoms with Gasteiger partial charge in [0.15, 0.2) is 0 Å². The van der Waals surface area contributed by atoms with Crippen molar-refractivity contribution in [3.8, 4) is 0 Å². The molecule has 0 aliphatic carbocycles. The minimum absolute atomic E-state index is 0.408. The Labute approximate surface area is 105 Å². The molecule has 2 saturated heterocycles. The van der Waals surface area contributed by atoms with Gasteiger partial charge in [-0.15, -0.1) is 0 Å². The SMILES string of the molecule is CCCC(OC(CCC)C1COC1)C1COC1. The average Bonchev–Trinajstić information content (AvgIpc) is 2.12. The molecule has 3 nitrogen and oxygen atoms in total. The maximum atomic E-state index is 6.38. The molecule has 0 aromatic heterocycles. The second-order valence-electron chi connectivity index (χ2n) is 5.39. The van der Waals surface area contributed by atoms with Crippen molar-refractivity contribution in [2.75, 3.05) is 26.4 Å². The van der Waals surface area contributed by atoms with E-state index in [-0.39, 0.29) is 0 Å². The Hall–Kier alpha value is -0.120. The summed E-state index contributed by atoms with van der Waals surface area (Å²) in [6, 6.07) is 0. The summed E-state index contributed by atoms with van der Waals surface area (Å²) in [4.78, 5) is 0. The van der Waals surface area contributed by atoms with Crippen LogP contribution in [0, 0.1) is 11.8 Å². The Bertz CT molecular complexity index is 190. The van der Waals surface area contributed by atoms with Crippen LogP contribution in [0.5, 0.6) is 0 Å². The molecule has 0 aromatic carbocycles. The molecule has 0 aromatic rings. The lowest BCUT2D eigenvalue weighted by molar-refractivity contribution is -0.178. The van der Waals surface area contributed by atoms with Crippen LogP contribution in [-0.4, -0.2) is 38.6 Å². The highest BCUT2D eigenvalue weighted by Crippen LogP contribution is 2.28. The average molecular weight is 242 g/mol. The van der Waals surface area contributed by atoms with Crippen molar-refractivity contribution in [2.45, 2.75) is 51.7 Å². The monoisotopic (exact) mass is 242 g/mol. The number of hydrogen-bond donors (Lipinski definition) is 0. The molecular weight excluding hydrogens is 216 g/mol. The van der Waals surface area contributed by atoms with E-state index in [2.05, 4.69) is 13.8 Å². The van der Waals surface area contributed by atoms with Gasteiger partial charge < -0.3 is 14.2 Å². The van der Waals surface area contributed by atoms with Crippen LogP contribution in [0.15, 0.2) is 0 Å². The summed E-state index contributed by atoms with van der Waals surface area (Å²) in [5.74, 6) is 1.27. The minimum atomic E-state index is 0.408. The van der Waals surface area contributed by atoms with E-state index in [1.807, 2.05) is 0 Å². The largest absolute Gasteiger partial charge is 0.380 e. The molecular formula is C14H26O3. The number of hydrogen-bond acceptors (Lipinski definition) is 3. The Balaban J connectivity index is 1.83. The van der Waals surface area contributed by atoms with Gasteiger partial charge in [0.25, 0.3) is 0 Å². The van der Waals surface area contributed by atoms with Crippen molar-refractivity contribution < 1.29 is 14.2 Å². The van der Waals surface area contributed by atoms with Gasteiger partial charge in [0.1, 0.15) is 0 Å². The highest BCUT2D eigenvalue weighted by molar-refractivity contribution is 4.81. The molecule has 2 aliphatic rings. The molecule has 2 rings (SSSR count). The molecule has 2 aliphatic heterocycles. The Morgan fingerprint density at radius 2 is 1.29 bits per heavy atom. The molecule has 2 unspecified atom stereocenters. The van der Waals surface area contributed by atoms with Crippen LogP contribution in [-0.2, 0) is 14.2 Å². The Kier molecular flexibility index (Phi) is 5.26. The molecule has 2 fully saturated rings. The van der Waals surface area contributed by atoms with Crippen LogP contribution in [0.1, 0.15) is 39.5 Å². The fraction of sp³-hybridized carbons (Fsp3) is 1.00. The summed E-state index contributed by atoms with van der Waals surface area (Å²) in [6.45, 7) is 8.04. The zero-order chi connectivity index (χ0) is 12.1. The zero-order valence-corrected chi connectivity index (χ0v) is 11.2. The van der Waals surface area contributed by atoms with Crippen LogP contribution >= 0.6 is 0 Å². The number of rotatable bonds is 8. The molecule has 0 saturated carbocycles. The summed E-state index contributed by atoms with van der Waals surface area (Å²) in [7, 11) is 0. The quantitative estimate of drug-likeness (QED) is 0.655. The van der Waals surface area contributed by atoms with E-state index in [0.717, 1.165) is 26.4 Å². The van der Waals surface area contributed by atoms with E-state index in [0.29, 0.717) is 24.0 Å². The van der Waals surface area contributed by atoms with E-state index in [1.165, 1.54) is 25.7 Å². The molecule has 17 heavy (non-hydrogen) atoms. The highest BCUT2D eigenvalue weighted by atomic mass is 16.5. The fourth-order valence-electron chi connectivity index (χ4n) is 2.56. The first-order valence-electron chi connectivity index (χ1n) is 7.16. The van der Waals surface area contributed by atoms with Gasteiger partial charge in [0.2, 0.25) is 0 Å². The van der Waals surface area contributed by atoms with Gasteiger partial charge in [-0.05, 0) is 12.8 Å². The highest BCUT2D eigenvalue weighted by Gasteiger charge is 2.35. The molecule has 2 atom stereocenters. The van der Waals surface area contributed by atoms with Gasteiger partial charge in [-0.1, -0.05) is 26.7 Å². The van der Waals surface area contributed by atoms with Gasteiger partial charge in [-0.2, -0.15) is 0 Å². The molecule has 0 spiro atoms. The van der Waals surface area contributed by atoms with Crippen molar-refractivity contribution in [3.63, 3.8) is 0 Å². The van der Waals surface area contributed by atoms with Crippen molar-refractivity contribution in [1.29, 1.82) is 0 Å². The molecule has 3 heteroatoms. The van der Waals surface area contributed by atoms with Crippen molar-refractivity contribution in [1.82, 2.24) is 0 Å². The second-order valence-corrected chi connectivity index (χ2v) is 5.39. The van der Waals surface area contributed by atoms with Crippen LogP contribution < -0.4 is 0 Å². The Morgan fingerprint density at radius 1 is 0.882 bits per heavy atom. The third-order valence-corrected chi connectivity index (χ3v) is 3.88. The standard InChI is InChI=1S/C14H26O3/c1-3-5-13(11-7-15-8-11)17-14(6-4-2)12-9-16-10-12/h11-14H,3-10H2,1-2H3. The summed E-state index contributed by atoms with van der Waals surface area (Å²) in [5.41, 5.74) is 0. The second kappa shape index (κ2) is 6.72. The van der Waals surface area contributed by atoms with Crippen molar-refractivity contribution >= 4 is 0 Å². The summed E-state index contributed by atoms with van der Waals surface area (Å²) in [5, 5.41) is 0. The molecule has 0 amide bonds. The van der Waals surface area contributed by atoms with E-state index < -0.39 is 0 Å². The van der Waals surface area contributed by atoms with E-state index in [1.54, 1.807) is 0 Å². The van der Waals surface area contributed by atoms with Crippen molar-refractivity contribution in [3.05, 3.63) is 0 Å². The predicted octanol–water partition coefficient (Wildman–Crippen LogP) is 2.63. The fourth-order valence-corrected chi connectivity index (χ4v) is 2.56. The molecule has 100 valence electrons. The van der Waals surface area contributed by atoms with E-state index >= 15 is 0 Å². The van der Waals surface area contributed by atoms with Crippen molar-refractivity contribution in [2.24, 2.45) is 11.8 Å². The normalized spacial score (nSPS) is 25.1. The van der Waals surface area contributed by atoms with Gasteiger partial charge in [0, 0.05) is 11.8 Å². The van der Waals surface area contributed by atoms with Crippen LogP contribution in [0.4, 0.5) is 0 Å². The first kappa shape index (κ1) is 13.3. The third kappa shape index (κ3) is 3.43. The smallest absolute Gasteiger partial charge is 0.0651 e. The first-order chi connectivity index (χ1) is 8.35. The zero-order valence-electron chi connectivity index (χ0n) is 11.2. The third-order valence-electron chi connectivity index (χ3n) is 3.88. The topological polar surface area (TPSA) is 27.7 Å². The maximum absolute atomic E-state index is 6.38. The molecule has 2 heterocycles. The van der Waals surface area contributed by atoms with Crippen LogP contribution in [0.25, 0.3) is 0 Å². The van der Waals surface area contributed by atoms with E-state index in [4.69, 9.17) is 14.2 Å². The lowest BCUT2D eigenvalue weighted by Gasteiger charge is -2.40. The Morgan fingerprint density at radius 3 is 1.53 bits per heavy atom. The summed E-state index contributed by atoms with van der Waals surface area (Å²) < 4.78 is 17.0. The maximum Gasteiger partial charge on any atom is 0.0651 e. The van der Waals surface area contributed by atoms with Gasteiger partial charge in [-0.25, -0.2) is 0 Å².